The molecule has 2 aliphatic carbocycles. The van der Waals surface area contributed by atoms with Crippen LogP contribution in [0.25, 0.3) is 5.69 Å². The summed E-state index contributed by atoms with van der Waals surface area (Å²) in [7, 11) is 0. The van der Waals surface area contributed by atoms with Gasteiger partial charge in [0.05, 0.1) is 17.8 Å². The predicted octanol–water partition coefficient (Wildman–Crippen LogP) is 4.50. The second-order valence-electron chi connectivity index (χ2n) is 9.44. The van der Waals surface area contributed by atoms with Crippen LogP contribution in [0, 0.1) is 36.4 Å². The van der Waals surface area contributed by atoms with E-state index in [2.05, 4.69) is 31.2 Å². The van der Waals surface area contributed by atoms with Crippen molar-refractivity contribution in [1.29, 1.82) is 0 Å². The maximum Gasteiger partial charge on any atom is 0.224 e. The zero-order valence-corrected chi connectivity index (χ0v) is 17.5. The maximum absolute atomic E-state index is 13.2. The standard InChI is InChI=1S/C23H30FN3O/c1-14-19(15(2)27(26-14)18-8-6-17(24)7-9-18)13-21(28)25-20-12-16-10-11-23(20,5)22(16,3)4/h6-9,16,20H,10-13H2,1-5H3,(H,25,28)/t16-,20+,23-/m1/s1. The summed E-state index contributed by atoms with van der Waals surface area (Å²) >= 11 is 0. The van der Waals surface area contributed by atoms with Crippen molar-refractivity contribution in [2.75, 3.05) is 0 Å². The van der Waals surface area contributed by atoms with Crippen LogP contribution in [-0.2, 0) is 11.2 Å². The molecule has 2 saturated carbocycles. The molecule has 1 heterocycles. The Morgan fingerprint density at radius 1 is 1.25 bits per heavy atom. The van der Waals surface area contributed by atoms with Gasteiger partial charge in [-0.2, -0.15) is 5.10 Å². The van der Waals surface area contributed by atoms with Gasteiger partial charge >= 0.3 is 0 Å². The highest BCUT2D eigenvalue weighted by atomic mass is 19.1. The molecule has 4 rings (SSSR count). The minimum atomic E-state index is -0.271. The van der Waals surface area contributed by atoms with Gasteiger partial charge in [-0.1, -0.05) is 20.8 Å². The molecule has 1 aromatic carbocycles. The number of benzene rings is 1. The summed E-state index contributed by atoms with van der Waals surface area (Å²) in [6.45, 7) is 11.0. The molecule has 1 amide bonds. The fourth-order valence-corrected chi connectivity index (χ4v) is 5.59. The molecule has 3 atom stereocenters. The molecule has 0 saturated heterocycles. The van der Waals surface area contributed by atoms with E-state index in [1.807, 2.05) is 13.8 Å². The predicted molar refractivity (Wildman–Crippen MR) is 108 cm³/mol. The first-order valence-electron chi connectivity index (χ1n) is 10.2. The first-order chi connectivity index (χ1) is 13.1. The number of carbonyl (C=O) groups is 1. The van der Waals surface area contributed by atoms with Crippen molar-refractivity contribution < 1.29 is 9.18 Å². The number of nitrogens with zero attached hydrogens (tertiary/aromatic N) is 2. The molecule has 0 aliphatic heterocycles. The molecule has 2 aromatic rings. The highest BCUT2D eigenvalue weighted by molar-refractivity contribution is 5.79. The second kappa shape index (κ2) is 6.43. The molecule has 28 heavy (non-hydrogen) atoms. The molecule has 1 aromatic heterocycles. The summed E-state index contributed by atoms with van der Waals surface area (Å²) in [5.41, 5.74) is 3.99. The van der Waals surface area contributed by atoms with E-state index in [0.717, 1.165) is 29.1 Å². The summed E-state index contributed by atoms with van der Waals surface area (Å²) < 4.78 is 15.0. The number of fused-ring (bicyclic) bond motifs is 2. The van der Waals surface area contributed by atoms with Gasteiger partial charge in [0, 0.05) is 17.3 Å². The lowest BCUT2D eigenvalue weighted by Gasteiger charge is -2.39. The average molecular weight is 384 g/mol. The van der Waals surface area contributed by atoms with Gasteiger partial charge in [-0.15, -0.1) is 0 Å². The topological polar surface area (TPSA) is 46.9 Å². The molecule has 150 valence electrons. The number of halogens is 1. The maximum atomic E-state index is 13.2. The smallest absolute Gasteiger partial charge is 0.224 e. The summed E-state index contributed by atoms with van der Waals surface area (Å²) in [5, 5.41) is 7.92. The summed E-state index contributed by atoms with van der Waals surface area (Å²) in [6, 6.07) is 6.51. The normalized spacial score (nSPS) is 27.9. The van der Waals surface area contributed by atoms with Crippen molar-refractivity contribution in [3.05, 3.63) is 47.0 Å². The number of hydrogen-bond donors (Lipinski definition) is 1. The van der Waals surface area contributed by atoms with Crippen molar-refractivity contribution >= 4 is 5.91 Å². The van der Waals surface area contributed by atoms with Gasteiger partial charge in [-0.3, -0.25) is 4.79 Å². The van der Waals surface area contributed by atoms with Gasteiger partial charge in [-0.25, -0.2) is 9.07 Å². The zero-order chi connectivity index (χ0) is 20.3. The third kappa shape index (κ3) is 2.78. The van der Waals surface area contributed by atoms with Gasteiger partial charge in [0.2, 0.25) is 5.91 Å². The van der Waals surface area contributed by atoms with Crippen LogP contribution in [0.1, 0.15) is 57.0 Å². The average Bonchev–Trinajstić information content (AvgIpc) is 3.11. The molecule has 2 fully saturated rings. The van der Waals surface area contributed by atoms with E-state index in [-0.39, 0.29) is 28.6 Å². The molecule has 2 bridgehead atoms. The monoisotopic (exact) mass is 383 g/mol. The molecular weight excluding hydrogens is 353 g/mol. The van der Waals surface area contributed by atoms with Crippen molar-refractivity contribution in [1.82, 2.24) is 15.1 Å². The van der Waals surface area contributed by atoms with Gasteiger partial charge < -0.3 is 5.32 Å². The Labute approximate surface area is 166 Å². The van der Waals surface area contributed by atoms with Crippen LogP contribution in [0.4, 0.5) is 4.39 Å². The Hall–Kier alpha value is -2.17. The second-order valence-corrected chi connectivity index (χ2v) is 9.44. The van der Waals surface area contributed by atoms with Crippen molar-refractivity contribution in [2.45, 2.75) is 66.3 Å². The lowest BCUT2D eigenvalue weighted by molar-refractivity contribution is -0.122. The molecule has 5 heteroatoms. The van der Waals surface area contributed by atoms with Crippen LogP contribution in [0.15, 0.2) is 24.3 Å². The highest BCUT2D eigenvalue weighted by Crippen LogP contribution is 2.65. The minimum absolute atomic E-state index is 0.0689. The van der Waals surface area contributed by atoms with Gasteiger partial charge in [-0.05, 0) is 74.1 Å². The molecule has 4 nitrogen and oxygen atoms in total. The van der Waals surface area contributed by atoms with Crippen LogP contribution in [0.3, 0.4) is 0 Å². The lowest BCUT2D eigenvalue weighted by Crippen LogP contribution is -2.47. The largest absolute Gasteiger partial charge is 0.353 e. The SMILES string of the molecule is Cc1nn(-c2ccc(F)cc2)c(C)c1CC(=O)N[C@H]1C[C@H]2CC[C@@]1(C)C2(C)C. The van der Waals surface area contributed by atoms with E-state index in [1.54, 1.807) is 16.8 Å². The molecule has 2 aliphatic rings. The number of nitrogens with one attached hydrogen (secondary N) is 1. The third-order valence-electron chi connectivity index (χ3n) is 7.98. The van der Waals surface area contributed by atoms with Crippen LogP contribution in [0.5, 0.6) is 0 Å². The van der Waals surface area contributed by atoms with Crippen molar-refractivity contribution in [2.24, 2.45) is 16.7 Å². The Balaban J connectivity index is 1.51. The van der Waals surface area contributed by atoms with E-state index >= 15 is 0 Å². The zero-order valence-electron chi connectivity index (χ0n) is 17.5. The number of aromatic nitrogens is 2. The summed E-state index contributed by atoms with van der Waals surface area (Å²) in [4.78, 5) is 12.9. The van der Waals surface area contributed by atoms with E-state index in [4.69, 9.17) is 0 Å². The lowest BCUT2D eigenvalue weighted by atomic mass is 9.69. The fourth-order valence-electron chi connectivity index (χ4n) is 5.59. The Kier molecular flexibility index (Phi) is 4.40. The summed E-state index contributed by atoms with van der Waals surface area (Å²) in [5.74, 6) is 0.499. The minimum Gasteiger partial charge on any atom is -0.353 e. The van der Waals surface area contributed by atoms with Crippen molar-refractivity contribution in [3.63, 3.8) is 0 Å². The van der Waals surface area contributed by atoms with E-state index in [1.165, 1.54) is 25.0 Å². The Morgan fingerprint density at radius 3 is 2.50 bits per heavy atom. The van der Waals surface area contributed by atoms with E-state index < -0.39 is 0 Å². The molecular formula is C23H30FN3O. The van der Waals surface area contributed by atoms with E-state index in [9.17, 15) is 9.18 Å². The quantitative estimate of drug-likeness (QED) is 0.845. The van der Waals surface area contributed by atoms with Crippen LogP contribution in [-0.4, -0.2) is 21.7 Å². The molecule has 1 N–H and O–H groups in total. The van der Waals surface area contributed by atoms with Gasteiger partial charge in [0.1, 0.15) is 5.82 Å². The van der Waals surface area contributed by atoms with Crippen LogP contribution >= 0.6 is 0 Å². The van der Waals surface area contributed by atoms with Gasteiger partial charge in [0.25, 0.3) is 0 Å². The number of carbonyl (C=O) groups excluding carboxylic acids is 1. The molecule has 0 spiro atoms. The van der Waals surface area contributed by atoms with Crippen LogP contribution < -0.4 is 5.32 Å². The number of aryl methyl sites for hydroxylation is 1. The third-order valence-corrected chi connectivity index (χ3v) is 7.98. The van der Waals surface area contributed by atoms with Crippen molar-refractivity contribution in [3.8, 4) is 5.69 Å². The molecule has 0 unspecified atom stereocenters. The van der Waals surface area contributed by atoms with Gasteiger partial charge in [0.15, 0.2) is 0 Å². The van der Waals surface area contributed by atoms with E-state index in [0.29, 0.717) is 12.3 Å². The highest BCUT2D eigenvalue weighted by Gasteiger charge is 2.61. The number of amides is 1. The first-order valence-corrected chi connectivity index (χ1v) is 10.2. The summed E-state index contributed by atoms with van der Waals surface area (Å²) in [6.07, 6.45) is 3.88. The Bertz CT molecular complexity index is 915. The number of rotatable bonds is 4. The molecule has 0 radical (unpaired) electrons. The fraction of sp³-hybridized carbons (Fsp3) is 0.565. The Morgan fingerprint density at radius 2 is 1.93 bits per heavy atom. The van der Waals surface area contributed by atoms with Crippen LogP contribution in [0.2, 0.25) is 0 Å². The number of hydrogen-bond acceptors (Lipinski definition) is 2. The first kappa shape index (κ1) is 19.2.